The van der Waals surface area contributed by atoms with Gasteiger partial charge in [0.05, 0.1) is 22.7 Å². The van der Waals surface area contributed by atoms with Crippen LogP contribution >= 0.6 is 0 Å². The number of carbonyl (C=O) groups excluding carboxylic acids is 5. The molecule has 0 bridgehead atoms. The van der Waals surface area contributed by atoms with Crippen molar-refractivity contribution in [3.05, 3.63) is 82.8 Å². The van der Waals surface area contributed by atoms with Crippen LogP contribution in [-0.4, -0.2) is 105 Å². The quantitative estimate of drug-likeness (QED) is 0.129. The molecule has 14 nitrogen and oxygen atoms in total. The second kappa shape index (κ2) is 17.1. The van der Waals surface area contributed by atoms with E-state index in [0.717, 1.165) is 82.6 Å². The third kappa shape index (κ3) is 9.36. The van der Waals surface area contributed by atoms with Crippen LogP contribution in [0.25, 0.3) is 10.9 Å². The minimum absolute atomic E-state index is 0.140. The van der Waals surface area contributed by atoms with Gasteiger partial charge < -0.3 is 25.1 Å². The molecule has 1 atom stereocenters. The number of amides is 4. The molecular formula is C43H49F3N8O6. The zero-order valence-corrected chi connectivity index (χ0v) is 33.8. The Morgan fingerprint density at radius 2 is 1.73 bits per heavy atom. The summed E-state index contributed by atoms with van der Waals surface area (Å²) in [6.45, 7) is 7.49. The van der Waals surface area contributed by atoms with Crippen molar-refractivity contribution in [3.8, 4) is 0 Å². The van der Waals surface area contributed by atoms with Gasteiger partial charge >= 0.3 is 6.18 Å². The van der Waals surface area contributed by atoms with Crippen molar-refractivity contribution in [2.24, 2.45) is 5.92 Å². The number of pyridine rings is 1. The number of likely N-dealkylation sites (tertiary alicyclic amines) is 1. The van der Waals surface area contributed by atoms with E-state index < -0.39 is 46.9 Å². The lowest BCUT2D eigenvalue weighted by Crippen LogP contribution is -2.53. The summed E-state index contributed by atoms with van der Waals surface area (Å²) < 4.78 is 41.7. The lowest BCUT2D eigenvalue weighted by molar-refractivity contribution is -0.141. The molecule has 4 aromatic rings. The maximum Gasteiger partial charge on any atom is 0.433 e. The SMILES string of the molecule is CN(C(=O)c1cc(N2CCC(CCN3CCC(n4cc5cc(NC(=O)c6cccc(C(F)(F)F)n6)c(C(C)(C)O)cc5n4)CC3)CC2)ccc1C=O)C1CCC(=O)NC1=O. The van der Waals surface area contributed by atoms with Crippen molar-refractivity contribution >= 4 is 52.2 Å². The van der Waals surface area contributed by atoms with Gasteiger partial charge in [-0.25, -0.2) is 4.98 Å². The maximum atomic E-state index is 13.5. The standard InChI is InChI=1S/C43H49F3N8O6/c1-42(2,60)32-23-34-28(21-35(32)48-39(57)33-5-4-6-37(47-33)43(44,45)46)24-54(50-34)29-14-17-52(18-15-29)16-11-26-12-19-53(20-13-26)30-8-7-27(25-55)31(22-30)41(59)51(3)36-9-10-38(56)49-40(36)58/h4-8,21-26,29,36,60H,9-20H2,1-3H3,(H,48,57)(H,49,56,58). The van der Waals surface area contributed by atoms with Crippen molar-refractivity contribution in [1.29, 1.82) is 0 Å². The molecule has 1 unspecified atom stereocenters. The van der Waals surface area contributed by atoms with Crippen molar-refractivity contribution in [1.82, 2.24) is 29.9 Å². The third-order valence-electron chi connectivity index (χ3n) is 12.0. The first-order valence-electron chi connectivity index (χ1n) is 20.3. The van der Waals surface area contributed by atoms with Crippen LogP contribution in [0.3, 0.4) is 0 Å². The van der Waals surface area contributed by atoms with Gasteiger partial charge in [0.1, 0.15) is 17.4 Å². The summed E-state index contributed by atoms with van der Waals surface area (Å²) in [5, 5.41) is 21.5. The monoisotopic (exact) mass is 830 g/mol. The second-order valence-electron chi connectivity index (χ2n) is 16.5. The van der Waals surface area contributed by atoms with E-state index in [4.69, 9.17) is 5.10 Å². The van der Waals surface area contributed by atoms with Gasteiger partial charge in [-0.3, -0.25) is 34.0 Å². The highest BCUT2D eigenvalue weighted by Crippen LogP contribution is 2.35. The fraction of sp³-hybridized carbons (Fsp3) is 0.465. The Kier molecular flexibility index (Phi) is 12.1. The van der Waals surface area contributed by atoms with Gasteiger partial charge in [0.25, 0.3) is 11.8 Å². The van der Waals surface area contributed by atoms with Crippen LogP contribution in [0, 0.1) is 5.92 Å². The van der Waals surface area contributed by atoms with Gasteiger partial charge in [-0.1, -0.05) is 6.07 Å². The van der Waals surface area contributed by atoms with E-state index >= 15 is 0 Å². The summed E-state index contributed by atoms with van der Waals surface area (Å²) in [5.41, 5.74) is -0.404. The lowest BCUT2D eigenvalue weighted by Gasteiger charge is -2.36. The highest BCUT2D eigenvalue weighted by molar-refractivity contribution is 6.07. The van der Waals surface area contributed by atoms with E-state index in [1.165, 1.54) is 18.0 Å². The number of halogens is 3. The predicted octanol–water partition coefficient (Wildman–Crippen LogP) is 5.56. The van der Waals surface area contributed by atoms with E-state index in [0.29, 0.717) is 28.7 Å². The molecule has 5 heterocycles. The molecule has 3 N–H and O–H groups in total. The number of imide groups is 1. The van der Waals surface area contributed by atoms with Crippen molar-refractivity contribution < 1.29 is 42.3 Å². The predicted molar refractivity (Wildman–Crippen MR) is 217 cm³/mol. The van der Waals surface area contributed by atoms with Crippen LogP contribution in [-0.2, 0) is 21.4 Å². The average molecular weight is 831 g/mol. The average Bonchev–Trinajstić information content (AvgIpc) is 3.65. The van der Waals surface area contributed by atoms with E-state index in [1.807, 2.05) is 16.9 Å². The molecule has 318 valence electrons. The van der Waals surface area contributed by atoms with Gasteiger partial charge in [-0.05, 0) is 107 Å². The molecule has 3 fully saturated rings. The molecule has 4 amide bonds. The van der Waals surface area contributed by atoms with Gasteiger partial charge in [0, 0.05) is 73.7 Å². The Labute approximate surface area is 345 Å². The molecule has 0 aliphatic carbocycles. The number of hydrogen-bond donors (Lipinski definition) is 3. The summed E-state index contributed by atoms with van der Waals surface area (Å²) in [6, 6.07) is 11.1. The van der Waals surface area contributed by atoms with Gasteiger partial charge in [0.2, 0.25) is 11.8 Å². The molecule has 60 heavy (non-hydrogen) atoms. The van der Waals surface area contributed by atoms with Crippen molar-refractivity contribution in [3.63, 3.8) is 0 Å². The van der Waals surface area contributed by atoms with E-state index in [2.05, 4.69) is 25.4 Å². The smallest absolute Gasteiger partial charge is 0.386 e. The van der Waals surface area contributed by atoms with Gasteiger partial charge in [0.15, 0.2) is 6.29 Å². The number of nitrogens with one attached hydrogen (secondary N) is 2. The molecule has 0 spiro atoms. The zero-order valence-electron chi connectivity index (χ0n) is 33.8. The number of aromatic nitrogens is 3. The fourth-order valence-electron chi connectivity index (χ4n) is 8.46. The highest BCUT2D eigenvalue weighted by atomic mass is 19.4. The fourth-order valence-corrected chi connectivity index (χ4v) is 8.46. The molecule has 17 heteroatoms. The molecule has 0 saturated carbocycles. The second-order valence-corrected chi connectivity index (χ2v) is 16.5. The molecule has 3 aliphatic rings. The molecular weight excluding hydrogens is 782 g/mol. The zero-order chi connectivity index (χ0) is 42.9. The van der Waals surface area contributed by atoms with E-state index in [-0.39, 0.29) is 41.6 Å². The normalized spacial score (nSPS) is 18.7. The Morgan fingerprint density at radius 1 is 1.00 bits per heavy atom. The number of alkyl halides is 3. The lowest BCUT2D eigenvalue weighted by atomic mass is 9.92. The van der Waals surface area contributed by atoms with Crippen LogP contribution in [0.4, 0.5) is 24.5 Å². The number of fused-ring (bicyclic) bond motifs is 1. The molecule has 3 saturated heterocycles. The Hall–Kier alpha value is -5.68. The minimum atomic E-state index is -4.70. The summed E-state index contributed by atoms with van der Waals surface area (Å²) in [5.74, 6) is -1.63. The largest absolute Gasteiger partial charge is 0.433 e. The van der Waals surface area contributed by atoms with Crippen molar-refractivity contribution in [2.75, 3.05) is 50.0 Å². The molecule has 2 aromatic carbocycles. The number of benzene rings is 2. The molecule has 7 rings (SSSR count). The topological polar surface area (TPSA) is 170 Å². The minimum Gasteiger partial charge on any atom is -0.386 e. The Balaban J connectivity index is 0.919. The summed E-state index contributed by atoms with van der Waals surface area (Å²) in [7, 11) is 1.52. The number of anilines is 2. The van der Waals surface area contributed by atoms with Gasteiger partial charge in [-0.15, -0.1) is 0 Å². The van der Waals surface area contributed by atoms with E-state index in [1.54, 1.807) is 38.1 Å². The molecule has 0 radical (unpaired) electrons. The van der Waals surface area contributed by atoms with E-state index in [9.17, 15) is 42.3 Å². The number of piperidine rings is 3. The number of aliphatic hydroxyl groups is 1. The first kappa shape index (κ1) is 42.4. The number of aldehydes is 1. The first-order valence-corrected chi connectivity index (χ1v) is 20.3. The Bertz CT molecular complexity index is 2290. The summed E-state index contributed by atoms with van der Waals surface area (Å²) >= 11 is 0. The van der Waals surface area contributed by atoms with Crippen LogP contribution in [0.5, 0.6) is 0 Å². The number of carbonyl (C=O) groups is 5. The maximum absolute atomic E-state index is 13.5. The van der Waals surface area contributed by atoms with Crippen LogP contribution in [0.1, 0.15) is 107 Å². The summed E-state index contributed by atoms with van der Waals surface area (Å²) in [4.78, 5) is 72.0. The van der Waals surface area contributed by atoms with Crippen molar-refractivity contribution in [2.45, 2.75) is 82.7 Å². The Morgan fingerprint density at radius 3 is 2.40 bits per heavy atom. The third-order valence-corrected chi connectivity index (χ3v) is 12.0. The number of rotatable bonds is 11. The summed E-state index contributed by atoms with van der Waals surface area (Å²) in [6.07, 6.45) is 2.99. The number of nitrogens with zero attached hydrogens (tertiary/aromatic N) is 6. The number of hydrogen-bond acceptors (Lipinski definition) is 10. The van der Waals surface area contributed by atoms with Crippen LogP contribution in [0.15, 0.2) is 54.7 Å². The first-order chi connectivity index (χ1) is 28.5. The molecule has 3 aliphatic heterocycles. The highest BCUT2D eigenvalue weighted by Gasteiger charge is 2.35. The van der Waals surface area contributed by atoms with Crippen LogP contribution < -0.4 is 15.5 Å². The van der Waals surface area contributed by atoms with Gasteiger partial charge in [-0.2, -0.15) is 18.3 Å². The van der Waals surface area contributed by atoms with Crippen LogP contribution in [0.2, 0.25) is 0 Å². The molecule has 2 aromatic heterocycles. The number of likely N-dealkylation sites (N-methyl/N-ethyl adjacent to an activating group) is 1.